The average Bonchev–Trinajstić information content (AvgIpc) is 2.27. The topological polar surface area (TPSA) is 49.3 Å². The second-order valence-corrected chi connectivity index (χ2v) is 3.89. The summed E-state index contributed by atoms with van der Waals surface area (Å²) in [5.41, 5.74) is 1.79. The van der Waals surface area contributed by atoms with Crippen molar-refractivity contribution >= 4 is 11.7 Å². The molecule has 1 aromatic carbocycles. The third-order valence-corrected chi connectivity index (χ3v) is 2.70. The van der Waals surface area contributed by atoms with E-state index in [-0.39, 0.29) is 6.42 Å². The highest BCUT2D eigenvalue weighted by molar-refractivity contribution is 5.73. The predicted octanol–water partition coefficient (Wildman–Crippen LogP) is 2.91. The second kappa shape index (κ2) is 6.16. The second-order valence-electron chi connectivity index (χ2n) is 3.89. The van der Waals surface area contributed by atoms with Crippen molar-refractivity contribution in [2.75, 3.05) is 5.32 Å². The summed E-state index contributed by atoms with van der Waals surface area (Å²) < 4.78 is 0. The fraction of sp³-hybridized carbons (Fsp3) is 0.462. The number of carbonyl (C=O) groups is 1. The van der Waals surface area contributed by atoms with Crippen molar-refractivity contribution in [3.05, 3.63) is 29.8 Å². The van der Waals surface area contributed by atoms with Gasteiger partial charge in [0, 0.05) is 11.7 Å². The van der Waals surface area contributed by atoms with Crippen LogP contribution in [0.15, 0.2) is 24.3 Å². The van der Waals surface area contributed by atoms with Gasteiger partial charge in [-0.25, -0.2) is 0 Å². The van der Waals surface area contributed by atoms with Crippen LogP contribution >= 0.6 is 0 Å². The van der Waals surface area contributed by atoms with Crippen molar-refractivity contribution in [1.82, 2.24) is 0 Å². The molecule has 0 saturated carbocycles. The first-order valence-electron chi connectivity index (χ1n) is 5.73. The van der Waals surface area contributed by atoms with E-state index in [2.05, 4.69) is 19.2 Å². The maximum Gasteiger partial charge on any atom is 0.307 e. The number of hydrogen-bond acceptors (Lipinski definition) is 2. The highest BCUT2D eigenvalue weighted by atomic mass is 16.4. The molecule has 0 heterocycles. The molecule has 0 bridgehead atoms. The van der Waals surface area contributed by atoms with Gasteiger partial charge in [-0.1, -0.05) is 32.0 Å². The molecule has 2 N–H and O–H groups in total. The van der Waals surface area contributed by atoms with E-state index >= 15 is 0 Å². The molecule has 3 heteroatoms. The molecule has 0 unspecified atom stereocenters. The zero-order valence-electron chi connectivity index (χ0n) is 9.86. The molecule has 0 saturated heterocycles. The van der Waals surface area contributed by atoms with E-state index in [1.165, 1.54) is 0 Å². The summed E-state index contributed by atoms with van der Waals surface area (Å²) in [7, 11) is 0. The number of hydrogen-bond donors (Lipinski definition) is 2. The first-order chi connectivity index (χ1) is 7.67. The summed E-state index contributed by atoms with van der Waals surface area (Å²) in [5, 5.41) is 12.2. The molecule has 1 aromatic rings. The van der Waals surface area contributed by atoms with Gasteiger partial charge in [0.25, 0.3) is 0 Å². The third kappa shape index (κ3) is 3.57. The SMILES string of the molecule is CCC(CC)Nc1ccccc1CC(=O)O. The van der Waals surface area contributed by atoms with E-state index in [9.17, 15) is 4.79 Å². The van der Waals surface area contributed by atoms with E-state index < -0.39 is 5.97 Å². The Morgan fingerprint density at radius 2 is 1.94 bits per heavy atom. The molecule has 88 valence electrons. The normalized spacial score (nSPS) is 10.4. The molecular formula is C13H19NO2. The van der Waals surface area contributed by atoms with Gasteiger partial charge in [-0.3, -0.25) is 4.79 Å². The van der Waals surface area contributed by atoms with Crippen LogP contribution in [0.4, 0.5) is 5.69 Å². The third-order valence-electron chi connectivity index (χ3n) is 2.70. The van der Waals surface area contributed by atoms with Crippen LogP contribution in [0.1, 0.15) is 32.3 Å². The molecule has 0 atom stereocenters. The Morgan fingerprint density at radius 3 is 2.50 bits per heavy atom. The summed E-state index contributed by atoms with van der Waals surface area (Å²) in [6, 6.07) is 8.01. The predicted molar refractivity (Wildman–Crippen MR) is 65.8 cm³/mol. The summed E-state index contributed by atoms with van der Waals surface area (Å²) in [6.45, 7) is 4.25. The number of aliphatic carboxylic acids is 1. The van der Waals surface area contributed by atoms with Crippen LogP contribution in [0.5, 0.6) is 0 Å². The summed E-state index contributed by atoms with van der Waals surface area (Å²) >= 11 is 0. The van der Waals surface area contributed by atoms with Gasteiger partial charge in [-0.2, -0.15) is 0 Å². The van der Waals surface area contributed by atoms with Crippen LogP contribution < -0.4 is 5.32 Å². The van der Waals surface area contributed by atoms with Gasteiger partial charge < -0.3 is 10.4 Å². The quantitative estimate of drug-likeness (QED) is 0.776. The van der Waals surface area contributed by atoms with Crippen LogP contribution in [0.2, 0.25) is 0 Å². The summed E-state index contributed by atoms with van der Waals surface area (Å²) in [4.78, 5) is 10.7. The average molecular weight is 221 g/mol. The lowest BCUT2D eigenvalue weighted by atomic mass is 10.1. The number of nitrogens with one attached hydrogen (secondary N) is 1. The van der Waals surface area contributed by atoms with Gasteiger partial charge in [0.15, 0.2) is 0 Å². The zero-order valence-corrected chi connectivity index (χ0v) is 9.86. The lowest BCUT2D eigenvalue weighted by Crippen LogP contribution is -2.18. The lowest BCUT2D eigenvalue weighted by Gasteiger charge is -2.18. The summed E-state index contributed by atoms with van der Waals surface area (Å²) in [6.07, 6.45) is 2.15. The number of para-hydroxylation sites is 1. The Kier molecular flexibility index (Phi) is 4.83. The first kappa shape index (κ1) is 12.6. The molecule has 3 nitrogen and oxygen atoms in total. The molecule has 0 aliphatic carbocycles. The van der Waals surface area contributed by atoms with Gasteiger partial charge >= 0.3 is 5.97 Å². The number of anilines is 1. The van der Waals surface area contributed by atoms with Gasteiger partial charge in [-0.15, -0.1) is 0 Å². The molecular weight excluding hydrogens is 202 g/mol. The summed E-state index contributed by atoms with van der Waals surface area (Å²) in [5.74, 6) is -0.793. The molecule has 0 aliphatic heterocycles. The number of carboxylic acid groups (broad SMARTS) is 1. The largest absolute Gasteiger partial charge is 0.481 e. The maximum absolute atomic E-state index is 10.7. The van der Waals surface area contributed by atoms with Crippen molar-refractivity contribution in [2.45, 2.75) is 39.2 Å². The monoisotopic (exact) mass is 221 g/mol. The molecule has 0 aliphatic rings. The first-order valence-corrected chi connectivity index (χ1v) is 5.73. The molecule has 16 heavy (non-hydrogen) atoms. The van der Waals surface area contributed by atoms with E-state index in [4.69, 9.17) is 5.11 Å². The fourth-order valence-corrected chi connectivity index (χ4v) is 1.69. The molecule has 0 aromatic heterocycles. The van der Waals surface area contributed by atoms with Crippen LogP contribution in [0.3, 0.4) is 0 Å². The van der Waals surface area contributed by atoms with Gasteiger partial charge in [-0.05, 0) is 24.5 Å². The fourth-order valence-electron chi connectivity index (χ4n) is 1.69. The van der Waals surface area contributed by atoms with Gasteiger partial charge in [0.05, 0.1) is 6.42 Å². The zero-order chi connectivity index (χ0) is 12.0. The lowest BCUT2D eigenvalue weighted by molar-refractivity contribution is -0.136. The number of benzene rings is 1. The van der Waals surface area contributed by atoms with E-state index in [1.807, 2.05) is 24.3 Å². The molecule has 1 rings (SSSR count). The van der Waals surface area contributed by atoms with Gasteiger partial charge in [0.1, 0.15) is 0 Å². The standard InChI is InChI=1S/C13H19NO2/c1-3-11(4-2)14-12-8-6-5-7-10(12)9-13(15)16/h5-8,11,14H,3-4,9H2,1-2H3,(H,15,16). The van der Waals surface area contributed by atoms with E-state index in [1.54, 1.807) is 0 Å². The van der Waals surface area contributed by atoms with Crippen molar-refractivity contribution in [2.24, 2.45) is 0 Å². The highest BCUT2D eigenvalue weighted by Gasteiger charge is 2.09. The van der Waals surface area contributed by atoms with Gasteiger partial charge in [0.2, 0.25) is 0 Å². The Balaban J connectivity index is 2.81. The van der Waals surface area contributed by atoms with Crippen molar-refractivity contribution in [3.63, 3.8) is 0 Å². The number of carboxylic acids is 1. The van der Waals surface area contributed by atoms with E-state index in [0.29, 0.717) is 6.04 Å². The van der Waals surface area contributed by atoms with Crippen LogP contribution in [0.25, 0.3) is 0 Å². The van der Waals surface area contributed by atoms with Crippen molar-refractivity contribution < 1.29 is 9.90 Å². The Bertz CT molecular complexity index is 346. The molecule has 0 amide bonds. The maximum atomic E-state index is 10.7. The molecule has 0 spiro atoms. The van der Waals surface area contributed by atoms with Crippen LogP contribution in [-0.2, 0) is 11.2 Å². The van der Waals surface area contributed by atoms with Crippen LogP contribution in [-0.4, -0.2) is 17.1 Å². The smallest absolute Gasteiger partial charge is 0.307 e. The van der Waals surface area contributed by atoms with Crippen LogP contribution in [0, 0.1) is 0 Å². The number of rotatable bonds is 6. The highest BCUT2D eigenvalue weighted by Crippen LogP contribution is 2.18. The molecule has 0 fully saturated rings. The Morgan fingerprint density at radius 1 is 1.31 bits per heavy atom. The van der Waals surface area contributed by atoms with Crippen molar-refractivity contribution in [3.8, 4) is 0 Å². The minimum absolute atomic E-state index is 0.0727. The molecule has 0 radical (unpaired) electrons. The Hall–Kier alpha value is -1.51. The minimum Gasteiger partial charge on any atom is -0.481 e. The Labute approximate surface area is 96.5 Å². The van der Waals surface area contributed by atoms with E-state index in [0.717, 1.165) is 24.1 Å². The van der Waals surface area contributed by atoms with Crippen molar-refractivity contribution in [1.29, 1.82) is 0 Å². The minimum atomic E-state index is -0.793.